The zero-order chi connectivity index (χ0) is 19.9. The first-order valence-corrected chi connectivity index (χ1v) is 10.1. The van der Waals surface area contributed by atoms with Crippen LogP contribution in [0.3, 0.4) is 0 Å². The summed E-state index contributed by atoms with van der Waals surface area (Å²) in [7, 11) is -2.37. The zero-order valence-electron chi connectivity index (χ0n) is 15.5. The van der Waals surface area contributed by atoms with Crippen molar-refractivity contribution in [2.45, 2.75) is 45.1 Å². The highest BCUT2D eigenvalue weighted by molar-refractivity contribution is 9.10. The fourth-order valence-corrected chi connectivity index (χ4v) is 4.79. The third-order valence-corrected chi connectivity index (χ3v) is 5.58. The minimum absolute atomic E-state index is 0.0541. The van der Waals surface area contributed by atoms with E-state index in [-0.39, 0.29) is 16.3 Å². The Morgan fingerprint density at radius 3 is 2.27 bits per heavy atom. The molecule has 0 spiro atoms. The molecule has 2 rings (SSSR count). The average Bonchev–Trinajstić information content (AvgIpc) is 2.76. The van der Waals surface area contributed by atoms with Crippen molar-refractivity contribution in [1.82, 2.24) is 9.78 Å². The molecule has 1 aromatic heterocycles. The molecule has 0 unspecified atom stereocenters. The molecule has 0 saturated heterocycles. The van der Waals surface area contributed by atoms with Gasteiger partial charge < -0.3 is 4.74 Å². The van der Waals surface area contributed by atoms with Gasteiger partial charge in [0.1, 0.15) is 11.2 Å². The van der Waals surface area contributed by atoms with E-state index in [0.29, 0.717) is 11.1 Å². The Bertz CT molecular complexity index is 936. The van der Waals surface area contributed by atoms with E-state index in [4.69, 9.17) is 4.74 Å². The first-order chi connectivity index (χ1) is 11.8. The van der Waals surface area contributed by atoms with Gasteiger partial charge in [0.05, 0.1) is 11.1 Å². The molecule has 9 heteroatoms. The summed E-state index contributed by atoms with van der Waals surface area (Å²) in [6.45, 7) is 8.63. The molecule has 1 aromatic carbocycles. The molecule has 0 radical (unpaired) electrons. The van der Waals surface area contributed by atoms with Crippen molar-refractivity contribution in [3.63, 3.8) is 0 Å². The third kappa shape index (κ3) is 4.45. The standard InChI is InChI=1S/C17H22BrN3O4S/c1-10-7-12(18)8-11(2)14(10)26(23,24)20-15-13(9-19-21(15)6)16(22)25-17(3,4)5/h7-9,20H,1-6H3. The van der Waals surface area contributed by atoms with E-state index in [2.05, 4.69) is 25.8 Å². The Morgan fingerprint density at radius 2 is 1.77 bits per heavy atom. The molecule has 0 aliphatic rings. The molecular formula is C17H22BrN3O4S. The molecule has 0 atom stereocenters. The van der Waals surface area contributed by atoms with Gasteiger partial charge in [0.2, 0.25) is 0 Å². The van der Waals surface area contributed by atoms with E-state index in [1.807, 2.05) is 0 Å². The molecule has 142 valence electrons. The molecule has 1 heterocycles. The van der Waals surface area contributed by atoms with Crippen LogP contribution in [0.15, 0.2) is 27.7 Å². The maximum atomic E-state index is 12.9. The third-order valence-electron chi connectivity index (χ3n) is 3.48. The minimum Gasteiger partial charge on any atom is -0.456 e. The van der Waals surface area contributed by atoms with Crippen molar-refractivity contribution in [3.8, 4) is 0 Å². The molecule has 0 aliphatic carbocycles. The van der Waals surface area contributed by atoms with Crippen LogP contribution in [0, 0.1) is 13.8 Å². The Morgan fingerprint density at radius 1 is 1.23 bits per heavy atom. The first-order valence-electron chi connectivity index (χ1n) is 7.87. The number of ether oxygens (including phenoxy) is 1. The van der Waals surface area contributed by atoms with Crippen LogP contribution in [0.4, 0.5) is 5.82 Å². The quantitative estimate of drug-likeness (QED) is 0.729. The summed E-state index contributed by atoms with van der Waals surface area (Å²) in [5.74, 6) is -0.589. The van der Waals surface area contributed by atoms with Crippen LogP contribution in [0.5, 0.6) is 0 Å². The van der Waals surface area contributed by atoms with Crippen molar-refractivity contribution < 1.29 is 17.9 Å². The SMILES string of the molecule is Cc1cc(Br)cc(C)c1S(=O)(=O)Nc1c(C(=O)OC(C)(C)C)cnn1C. The van der Waals surface area contributed by atoms with Crippen LogP contribution < -0.4 is 4.72 Å². The minimum atomic E-state index is -3.92. The number of hydrogen-bond donors (Lipinski definition) is 1. The van der Waals surface area contributed by atoms with Crippen molar-refractivity contribution in [3.05, 3.63) is 39.5 Å². The highest BCUT2D eigenvalue weighted by Gasteiger charge is 2.27. The van der Waals surface area contributed by atoms with Gasteiger partial charge in [0.25, 0.3) is 10.0 Å². The number of carbonyl (C=O) groups excluding carboxylic acids is 1. The van der Waals surface area contributed by atoms with E-state index in [1.165, 1.54) is 10.9 Å². The largest absolute Gasteiger partial charge is 0.456 e. The van der Waals surface area contributed by atoms with E-state index in [0.717, 1.165) is 4.47 Å². The lowest BCUT2D eigenvalue weighted by atomic mass is 10.2. The topological polar surface area (TPSA) is 90.3 Å². The summed E-state index contributed by atoms with van der Waals surface area (Å²) in [5.41, 5.74) is 0.524. The van der Waals surface area contributed by atoms with Crippen molar-refractivity contribution in [2.24, 2.45) is 7.05 Å². The number of anilines is 1. The summed E-state index contributed by atoms with van der Waals surface area (Å²) in [6.07, 6.45) is 1.28. The lowest BCUT2D eigenvalue weighted by molar-refractivity contribution is 0.00707. The number of nitrogens with zero attached hydrogens (tertiary/aromatic N) is 2. The molecule has 0 fully saturated rings. The van der Waals surface area contributed by atoms with Gasteiger partial charge in [0, 0.05) is 11.5 Å². The van der Waals surface area contributed by atoms with Gasteiger partial charge in [-0.2, -0.15) is 5.10 Å². The predicted molar refractivity (Wildman–Crippen MR) is 103 cm³/mol. The van der Waals surface area contributed by atoms with Gasteiger partial charge in [-0.15, -0.1) is 0 Å². The number of sulfonamides is 1. The van der Waals surface area contributed by atoms with Crippen LogP contribution >= 0.6 is 15.9 Å². The molecular weight excluding hydrogens is 422 g/mol. The smallest absolute Gasteiger partial charge is 0.344 e. The predicted octanol–water partition coefficient (Wildman–Crippen LogP) is 3.56. The van der Waals surface area contributed by atoms with Crippen molar-refractivity contribution >= 4 is 37.7 Å². The Hall–Kier alpha value is -1.87. The molecule has 2 aromatic rings. The summed E-state index contributed by atoms with van der Waals surface area (Å²) < 4.78 is 35.8. The van der Waals surface area contributed by atoms with Crippen LogP contribution in [0.1, 0.15) is 42.3 Å². The summed E-state index contributed by atoms with van der Waals surface area (Å²) >= 11 is 3.35. The maximum Gasteiger partial charge on any atom is 0.344 e. The average molecular weight is 444 g/mol. The second-order valence-electron chi connectivity index (χ2n) is 7.01. The second kappa shape index (κ2) is 7.03. The van der Waals surface area contributed by atoms with Gasteiger partial charge in [-0.05, 0) is 57.9 Å². The molecule has 1 N–H and O–H groups in total. The van der Waals surface area contributed by atoms with E-state index >= 15 is 0 Å². The molecule has 0 aliphatic heterocycles. The molecule has 0 bridgehead atoms. The van der Waals surface area contributed by atoms with Gasteiger partial charge in [-0.1, -0.05) is 15.9 Å². The number of esters is 1. The lowest BCUT2D eigenvalue weighted by Crippen LogP contribution is -2.25. The Labute approximate surface area is 161 Å². The number of rotatable bonds is 4. The number of aromatic nitrogens is 2. The van der Waals surface area contributed by atoms with Gasteiger partial charge >= 0.3 is 5.97 Å². The monoisotopic (exact) mass is 443 g/mol. The fourth-order valence-electron chi connectivity index (χ4n) is 2.54. The normalized spacial score (nSPS) is 12.1. The van der Waals surface area contributed by atoms with Gasteiger partial charge in [-0.3, -0.25) is 9.40 Å². The zero-order valence-corrected chi connectivity index (χ0v) is 17.9. The second-order valence-corrected chi connectivity index (χ2v) is 9.54. The van der Waals surface area contributed by atoms with Crippen LogP contribution in [-0.4, -0.2) is 29.8 Å². The lowest BCUT2D eigenvalue weighted by Gasteiger charge is -2.20. The van der Waals surface area contributed by atoms with Gasteiger partial charge in [0.15, 0.2) is 5.82 Å². The van der Waals surface area contributed by atoms with Crippen LogP contribution in [-0.2, 0) is 21.8 Å². The first kappa shape index (κ1) is 20.4. The van der Waals surface area contributed by atoms with E-state index in [9.17, 15) is 13.2 Å². The highest BCUT2D eigenvalue weighted by Crippen LogP contribution is 2.28. The fraction of sp³-hybridized carbons (Fsp3) is 0.412. The van der Waals surface area contributed by atoms with Crippen LogP contribution in [0.2, 0.25) is 0 Å². The molecule has 0 saturated carbocycles. The number of halogens is 1. The van der Waals surface area contributed by atoms with Crippen LogP contribution in [0.25, 0.3) is 0 Å². The van der Waals surface area contributed by atoms with E-state index in [1.54, 1.807) is 53.8 Å². The summed E-state index contributed by atoms with van der Waals surface area (Å²) in [5, 5.41) is 3.99. The summed E-state index contributed by atoms with van der Waals surface area (Å²) in [6, 6.07) is 3.44. The number of aryl methyl sites for hydroxylation is 3. The Balaban J connectivity index is 2.46. The molecule has 0 amide bonds. The van der Waals surface area contributed by atoms with Crippen molar-refractivity contribution in [1.29, 1.82) is 0 Å². The number of carbonyl (C=O) groups is 1. The maximum absolute atomic E-state index is 12.9. The number of benzene rings is 1. The Kier molecular flexibility index (Phi) is 5.53. The molecule has 26 heavy (non-hydrogen) atoms. The van der Waals surface area contributed by atoms with E-state index < -0.39 is 21.6 Å². The summed E-state index contributed by atoms with van der Waals surface area (Å²) in [4.78, 5) is 12.5. The molecule has 7 nitrogen and oxygen atoms in total. The highest BCUT2D eigenvalue weighted by atomic mass is 79.9. The van der Waals surface area contributed by atoms with Gasteiger partial charge in [-0.25, -0.2) is 13.2 Å². The van der Waals surface area contributed by atoms with Crippen molar-refractivity contribution in [2.75, 3.05) is 4.72 Å². The number of hydrogen-bond acceptors (Lipinski definition) is 5. The number of nitrogens with one attached hydrogen (secondary N) is 1.